The van der Waals surface area contributed by atoms with Crippen LogP contribution in [0.25, 0.3) is 0 Å². The number of unbranched alkanes of at least 4 members (excludes halogenated alkanes) is 27. The molecule has 0 radical (unpaired) electrons. The molecule has 0 aromatic rings. The molecule has 0 aliphatic rings. The average molecular weight is 881 g/mol. The number of allylic oxidation sites excluding steroid dienone is 10. The van der Waals surface area contributed by atoms with Crippen LogP contribution in [-0.4, -0.2) is 37.2 Å². The summed E-state index contributed by atoms with van der Waals surface area (Å²) in [7, 11) is 0. The SMILES string of the molecule is CCCC/C=C\C/C=C\CCCCCCCC(=O)O[C@H](COC(=O)CCCCCCC/C=C\CCCCCCC)COC(=O)CCCCCCCCC/C=C\C/C=C\CCCCC. The van der Waals surface area contributed by atoms with Gasteiger partial charge in [-0.25, -0.2) is 0 Å². The Morgan fingerprint density at radius 2 is 0.587 bits per heavy atom. The van der Waals surface area contributed by atoms with Gasteiger partial charge >= 0.3 is 17.9 Å². The maximum absolute atomic E-state index is 12.8. The first-order valence-corrected chi connectivity index (χ1v) is 26.8. The molecule has 0 N–H and O–H groups in total. The van der Waals surface area contributed by atoms with Crippen molar-refractivity contribution in [2.24, 2.45) is 0 Å². The van der Waals surface area contributed by atoms with Crippen molar-refractivity contribution in [1.82, 2.24) is 0 Å². The molecule has 0 bridgehead atoms. The average Bonchev–Trinajstić information content (AvgIpc) is 3.28. The molecule has 364 valence electrons. The van der Waals surface area contributed by atoms with Crippen LogP contribution < -0.4 is 0 Å². The van der Waals surface area contributed by atoms with Gasteiger partial charge in [-0.05, 0) is 103 Å². The van der Waals surface area contributed by atoms with Crippen LogP contribution in [0.1, 0.15) is 265 Å². The van der Waals surface area contributed by atoms with Crippen molar-refractivity contribution in [3.63, 3.8) is 0 Å². The van der Waals surface area contributed by atoms with Gasteiger partial charge in [-0.3, -0.25) is 14.4 Å². The topological polar surface area (TPSA) is 78.9 Å². The van der Waals surface area contributed by atoms with Gasteiger partial charge in [0.15, 0.2) is 6.10 Å². The van der Waals surface area contributed by atoms with Gasteiger partial charge < -0.3 is 14.2 Å². The van der Waals surface area contributed by atoms with E-state index in [9.17, 15) is 14.4 Å². The van der Waals surface area contributed by atoms with Gasteiger partial charge in [0.25, 0.3) is 0 Å². The van der Waals surface area contributed by atoms with Crippen LogP contribution in [0.2, 0.25) is 0 Å². The molecule has 0 aliphatic heterocycles. The van der Waals surface area contributed by atoms with Gasteiger partial charge in [0.1, 0.15) is 13.2 Å². The highest BCUT2D eigenvalue weighted by Crippen LogP contribution is 2.14. The van der Waals surface area contributed by atoms with Crippen LogP contribution >= 0.6 is 0 Å². The summed E-state index contributed by atoms with van der Waals surface area (Å²) in [6, 6.07) is 0. The van der Waals surface area contributed by atoms with Crippen molar-refractivity contribution >= 4 is 17.9 Å². The largest absolute Gasteiger partial charge is 0.462 e. The predicted octanol–water partition coefficient (Wildman–Crippen LogP) is 17.6. The third-order valence-electron chi connectivity index (χ3n) is 11.5. The molecule has 0 spiro atoms. The second-order valence-electron chi connectivity index (χ2n) is 17.8. The molecule has 0 aromatic heterocycles. The summed E-state index contributed by atoms with van der Waals surface area (Å²) in [6.07, 6.45) is 63.4. The van der Waals surface area contributed by atoms with Gasteiger partial charge in [0.05, 0.1) is 0 Å². The Bertz CT molecular complexity index is 1150. The standard InChI is InChI=1S/C57H100O6/c1-4-7-10-13-16-19-22-25-28-29-30-33-35-38-41-44-47-50-56(59)62-53-54(63-57(60)51-48-45-42-39-36-32-27-24-21-18-15-12-9-6-3)52-61-55(58)49-46-43-40-37-34-31-26-23-20-17-14-11-8-5-2/h15-16,18-19,23-28,54H,4-14,17,20-22,29-53H2,1-3H3/b18-15-,19-16-,26-23-,27-24-,28-25-/t54-/m1/s1. The number of ether oxygens (including phenoxy) is 3. The lowest BCUT2D eigenvalue weighted by molar-refractivity contribution is -0.167. The minimum absolute atomic E-state index is 0.0864. The molecule has 0 rings (SSSR count). The summed E-state index contributed by atoms with van der Waals surface area (Å²) in [5.74, 6) is -0.911. The fourth-order valence-corrected chi connectivity index (χ4v) is 7.37. The highest BCUT2D eigenvalue weighted by Gasteiger charge is 2.19. The lowest BCUT2D eigenvalue weighted by Gasteiger charge is -2.18. The van der Waals surface area contributed by atoms with Crippen LogP contribution in [0.4, 0.5) is 0 Å². The highest BCUT2D eigenvalue weighted by atomic mass is 16.6. The molecule has 0 fully saturated rings. The second-order valence-corrected chi connectivity index (χ2v) is 17.8. The third kappa shape index (κ3) is 50.0. The summed E-state index contributed by atoms with van der Waals surface area (Å²) in [4.78, 5) is 38.0. The number of hydrogen-bond acceptors (Lipinski definition) is 6. The fourth-order valence-electron chi connectivity index (χ4n) is 7.37. The molecule has 63 heavy (non-hydrogen) atoms. The molecule has 0 aromatic carbocycles. The van der Waals surface area contributed by atoms with Crippen molar-refractivity contribution in [1.29, 1.82) is 0 Å². The van der Waals surface area contributed by atoms with E-state index in [1.54, 1.807) is 0 Å². The molecule has 6 heteroatoms. The first kappa shape index (κ1) is 60.1. The van der Waals surface area contributed by atoms with Gasteiger partial charge in [0, 0.05) is 19.3 Å². The van der Waals surface area contributed by atoms with E-state index in [4.69, 9.17) is 14.2 Å². The summed E-state index contributed by atoms with van der Waals surface area (Å²) in [5.41, 5.74) is 0. The number of hydrogen-bond donors (Lipinski definition) is 0. The Morgan fingerprint density at radius 1 is 0.317 bits per heavy atom. The molecular formula is C57H100O6. The van der Waals surface area contributed by atoms with E-state index in [2.05, 4.69) is 81.5 Å². The van der Waals surface area contributed by atoms with E-state index >= 15 is 0 Å². The fraction of sp³-hybridized carbons (Fsp3) is 0.772. The van der Waals surface area contributed by atoms with Crippen molar-refractivity contribution in [3.05, 3.63) is 60.8 Å². The Hall–Kier alpha value is -2.89. The zero-order chi connectivity index (χ0) is 45.8. The van der Waals surface area contributed by atoms with Gasteiger partial charge in [-0.2, -0.15) is 0 Å². The lowest BCUT2D eigenvalue weighted by Crippen LogP contribution is -2.30. The summed E-state index contributed by atoms with van der Waals surface area (Å²) in [6.45, 7) is 6.55. The smallest absolute Gasteiger partial charge is 0.306 e. The van der Waals surface area contributed by atoms with Gasteiger partial charge in [-0.15, -0.1) is 0 Å². The van der Waals surface area contributed by atoms with Crippen molar-refractivity contribution in [2.75, 3.05) is 13.2 Å². The number of esters is 3. The number of rotatable bonds is 48. The van der Waals surface area contributed by atoms with Crippen LogP contribution in [0, 0.1) is 0 Å². The van der Waals surface area contributed by atoms with E-state index in [0.717, 1.165) is 103 Å². The van der Waals surface area contributed by atoms with Crippen molar-refractivity contribution < 1.29 is 28.6 Å². The van der Waals surface area contributed by atoms with E-state index < -0.39 is 6.10 Å². The second kappa shape index (κ2) is 51.7. The molecule has 1 atom stereocenters. The quantitative estimate of drug-likeness (QED) is 0.0262. The van der Waals surface area contributed by atoms with Crippen LogP contribution in [0.15, 0.2) is 60.8 Å². The normalized spacial score (nSPS) is 12.5. The summed E-state index contributed by atoms with van der Waals surface area (Å²) < 4.78 is 16.8. The van der Waals surface area contributed by atoms with Crippen molar-refractivity contribution in [2.45, 2.75) is 271 Å². The number of carbonyl (C=O) groups is 3. The molecule has 0 aliphatic carbocycles. The lowest BCUT2D eigenvalue weighted by atomic mass is 10.1. The van der Waals surface area contributed by atoms with Crippen molar-refractivity contribution in [3.8, 4) is 0 Å². The van der Waals surface area contributed by atoms with Crippen LogP contribution in [0.5, 0.6) is 0 Å². The maximum atomic E-state index is 12.8. The molecule has 0 amide bonds. The first-order valence-electron chi connectivity index (χ1n) is 26.8. The third-order valence-corrected chi connectivity index (χ3v) is 11.5. The minimum atomic E-state index is -0.787. The van der Waals surface area contributed by atoms with Crippen LogP contribution in [0.3, 0.4) is 0 Å². The Balaban J connectivity index is 4.41. The number of carbonyl (C=O) groups excluding carboxylic acids is 3. The maximum Gasteiger partial charge on any atom is 0.306 e. The minimum Gasteiger partial charge on any atom is -0.462 e. The van der Waals surface area contributed by atoms with Crippen LogP contribution in [-0.2, 0) is 28.6 Å². The van der Waals surface area contributed by atoms with Gasteiger partial charge in [-0.1, -0.05) is 204 Å². The zero-order valence-electron chi connectivity index (χ0n) is 41.6. The Morgan fingerprint density at radius 3 is 0.968 bits per heavy atom. The summed E-state index contributed by atoms with van der Waals surface area (Å²) >= 11 is 0. The summed E-state index contributed by atoms with van der Waals surface area (Å²) in [5, 5.41) is 0. The van der Waals surface area contributed by atoms with Gasteiger partial charge in [0.2, 0.25) is 0 Å². The molecule has 6 nitrogen and oxygen atoms in total. The first-order chi connectivity index (χ1) is 31.0. The van der Waals surface area contributed by atoms with E-state index in [1.165, 1.54) is 122 Å². The highest BCUT2D eigenvalue weighted by molar-refractivity contribution is 5.71. The Kier molecular flexibility index (Phi) is 49.4. The van der Waals surface area contributed by atoms with E-state index in [-0.39, 0.29) is 31.1 Å². The van der Waals surface area contributed by atoms with E-state index in [1.807, 2.05) is 0 Å². The Labute approximate surface area is 390 Å². The predicted molar refractivity (Wildman–Crippen MR) is 270 cm³/mol. The molecule has 0 saturated heterocycles. The molecular weight excluding hydrogens is 781 g/mol. The zero-order valence-corrected chi connectivity index (χ0v) is 41.6. The van der Waals surface area contributed by atoms with E-state index in [0.29, 0.717) is 19.3 Å². The monoisotopic (exact) mass is 881 g/mol. The molecule has 0 heterocycles. The molecule has 0 unspecified atom stereocenters. The molecule has 0 saturated carbocycles.